The lowest BCUT2D eigenvalue weighted by molar-refractivity contribution is -0.274. The first-order valence-corrected chi connectivity index (χ1v) is 10.9. The standard InChI is InChI=1S/C25H17F5N4O4/c1-37-15-9-17(26)21(18(27)10-15)16-12-34(20-3-2-8-32-19(20)11-31)24(36)22(16)33-23(35)13-4-6-14(7-5-13)38-25(28,29)30/h2-10,16,22H,12H2,1H3,(H,33,35)/t16-,22-/m0/s1. The van der Waals surface area contributed by atoms with Gasteiger partial charge < -0.3 is 19.7 Å². The Morgan fingerprint density at radius 2 is 1.79 bits per heavy atom. The summed E-state index contributed by atoms with van der Waals surface area (Å²) in [6, 6.07) is 8.94. The minimum atomic E-state index is -4.93. The number of methoxy groups -OCH3 is 1. The monoisotopic (exact) mass is 532 g/mol. The number of anilines is 1. The molecular weight excluding hydrogens is 515 g/mol. The molecular formula is C25H17F5N4O4. The molecule has 13 heteroatoms. The molecule has 3 aromatic rings. The molecule has 0 unspecified atom stereocenters. The molecule has 0 saturated carbocycles. The summed E-state index contributed by atoms with van der Waals surface area (Å²) in [7, 11) is 1.22. The van der Waals surface area contributed by atoms with Crippen molar-refractivity contribution in [3.8, 4) is 17.6 Å². The predicted molar refractivity (Wildman–Crippen MR) is 121 cm³/mol. The average Bonchev–Trinajstić information content (AvgIpc) is 3.18. The largest absolute Gasteiger partial charge is 0.573 e. The van der Waals surface area contributed by atoms with Crippen molar-refractivity contribution in [2.75, 3.05) is 18.6 Å². The van der Waals surface area contributed by atoms with E-state index in [1.54, 1.807) is 0 Å². The maximum atomic E-state index is 15.0. The van der Waals surface area contributed by atoms with Gasteiger partial charge in [0.2, 0.25) is 5.91 Å². The first kappa shape index (κ1) is 26.3. The third-order valence-corrected chi connectivity index (χ3v) is 5.79. The van der Waals surface area contributed by atoms with Gasteiger partial charge in [0.15, 0.2) is 5.69 Å². The van der Waals surface area contributed by atoms with Crippen LogP contribution in [0.5, 0.6) is 11.5 Å². The number of nitriles is 1. The molecule has 0 bridgehead atoms. The molecule has 4 rings (SSSR count). The number of nitrogens with zero attached hydrogens (tertiary/aromatic N) is 3. The van der Waals surface area contributed by atoms with Gasteiger partial charge in [-0.2, -0.15) is 5.26 Å². The fourth-order valence-corrected chi connectivity index (χ4v) is 4.14. The van der Waals surface area contributed by atoms with Crippen molar-refractivity contribution in [1.82, 2.24) is 10.3 Å². The number of aromatic nitrogens is 1. The highest BCUT2D eigenvalue weighted by Gasteiger charge is 2.46. The van der Waals surface area contributed by atoms with Crippen LogP contribution in [-0.2, 0) is 4.79 Å². The lowest BCUT2D eigenvalue weighted by atomic mass is 9.92. The Bertz CT molecular complexity index is 1400. The van der Waals surface area contributed by atoms with Crippen molar-refractivity contribution in [2.45, 2.75) is 18.3 Å². The molecule has 2 heterocycles. The van der Waals surface area contributed by atoms with E-state index in [4.69, 9.17) is 4.74 Å². The van der Waals surface area contributed by atoms with Crippen LogP contribution in [0.2, 0.25) is 0 Å². The minimum Gasteiger partial charge on any atom is -0.497 e. The summed E-state index contributed by atoms with van der Waals surface area (Å²) in [6.45, 7) is -0.317. The number of halogens is 5. The average molecular weight is 532 g/mol. The van der Waals surface area contributed by atoms with Crippen molar-refractivity contribution in [2.24, 2.45) is 0 Å². The van der Waals surface area contributed by atoms with Gasteiger partial charge in [-0.1, -0.05) is 0 Å². The van der Waals surface area contributed by atoms with Crippen molar-refractivity contribution in [3.05, 3.63) is 83.2 Å². The van der Waals surface area contributed by atoms with Gasteiger partial charge in [-0.3, -0.25) is 9.59 Å². The van der Waals surface area contributed by atoms with Crippen LogP contribution in [0.3, 0.4) is 0 Å². The van der Waals surface area contributed by atoms with Gasteiger partial charge in [-0.25, -0.2) is 13.8 Å². The summed E-state index contributed by atoms with van der Waals surface area (Å²) < 4.78 is 76.0. The Morgan fingerprint density at radius 1 is 1.13 bits per heavy atom. The van der Waals surface area contributed by atoms with E-state index in [0.717, 1.165) is 41.3 Å². The van der Waals surface area contributed by atoms with Crippen molar-refractivity contribution < 1.29 is 41.0 Å². The second-order valence-corrected chi connectivity index (χ2v) is 8.07. The number of hydrogen-bond donors (Lipinski definition) is 1. The molecule has 0 spiro atoms. The van der Waals surface area contributed by atoms with Crippen LogP contribution in [0.4, 0.5) is 27.6 Å². The normalized spacial score (nSPS) is 17.2. The van der Waals surface area contributed by atoms with Crippen LogP contribution in [-0.4, -0.2) is 42.9 Å². The van der Waals surface area contributed by atoms with Gasteiger partial charge in [-0.05, 0) is 36.4 Å². The number of carbonyl (C=O) groups is 2. The van der Waals surface area contributed by atoms with Crippen LogP contribution >= 0.6 is 0 Å². The molecule has 2 aromatic carbocycles. The minimum absolute atomic E-state index is 0.0738. The lowest BCUT2D eigenvalue weighted by Gasteiger charge is -2.20. The van der Waals surface area contributed by atoms with E-state index in [0.29, 0.717) is 0 Å². The Kier molecular flexibility index (Phi) is 7.16. The molecule has 196 valence electrons. The quantitative estimate of drug-likeness (QED) is 0.480. The lowest BCUT2D eigenvalue weighted by Crippen LogP contribution is -2.44. The Morgan fingerprint density at radius 3 is 2.37 bits per heavy atom. The molecule has 2 atom stereocenters. The number of benzene rings is 2. The Labute approximate surface area is 212 Å². The number of carbonyl (C=O) groups excluding carboxylic acids is 2. The van der Waals surface area contributed by atoms with Crippen LogP contribution < -0.4 is 19.7 Å². The molecule has 1 aliphatic heterocycles. The highest BCUT2D eigenvalue weighted by Crippen LogP contribution is 2.37. The van der Waals surface area contributed by atoms with Crippen molar-refractivity contribution >= 4 is 17.5 Å². The SMILES string of the molecule is COc1cc(F)c([C@@H]2CN(c3cccnc3C#N)C(=O)[C@H]2NC(=O)c2ccc(OC(F)(F)F)cc2)c(F)c1. The third kappa shape index (κ3) is 5.34. The van der Waals surface area contributed by atoms with E-state index in [2.05, 4.69) is 15.0 Å². The van der Waals surface area contributed by atoms with Gasteiger partial charge in [0.1, 0.15) is 35.2 Å². The molecule has 1 saturated heterocycles. The smallest absolute Gasteiger partial charge is 0.497 e. The summed E-state index contributed by atoms with van der Waals surface area (Å²) >= 11 is 0. The maximum Gasteiger partial charge on any atom is 0.573 e. The number of rotatable bonds is 6. The van der Waals surface area contributed by atoms with Crippen LogP contribution in [0, 0.1) is 23.0 Å². The number of pyridine rings is 1. The Hall–Kier alpha value is -4.73. The number of alkyl halides is 3. The van der Waals surface area contributed by atoms with E-state index in [1.165, 1.54) is 25.4 Å². The van der Waals surface area contributed by atoms with Crippen LogP contribution in [0.1, 0.15) is 27.5 Å². The molecule has 1 aliphatic rings. The maximum absolute atomic E-state index is 15.0. The van der Waals surface area contributed by atoms with Gasteiger partial charge in [0.25, 0.3) is 5.91 Å². The second-order valence-electron chi connectivity index (χ2n) is 8.07. The van der Waals surface area contributed by atoms with E-state index in [1.807, 2.05) is 6.07 Å². The van der Waals surface area contributed by atoms with Gasteiger partial charge >= 0.3 is 6.36 Å². The first-order chi connectivity index (χ1) is 18.0. The zero-order valence-corrected chi connectivity index (χ0v) is 19.4. The number of ether oxygens (including phenoxy) is 2. The fraction of sp³-hybridized carbons (Fsp3) is 0.200. The molecule has 2 amide bonds. The van der Waals surface area contributed by atoms with Crippen LogP contribution in [0.15, 0.2) is 54.7 Å². The molecule has 1 aromatic heterocycles. The van der Waals surface area contributed by atoms with Crippen LogP contribution in [0.25, 0.3) is 0 Å². The molecule has 1 fully saturated rings. The second kappa shape index (κ2) is 10.3. The number of hydrogen-bond acceptors (Lipinski definition) is 6. The summed E-state index contributed by atoms with van der Waals surface area (Å²) in [6.07, 6.45) is -3.61. The van der Waals surface area contributed by atoms with Gasteiger partial charge in [0, 0.05) is 41.9 Å². The fourth-order valence-electron chi connectivity index (χ4n) is 4.14. The highest BCUT2D eigenvalue weighted by molar-refractivity contribution is 6.05. The summed E-state index contributed by atoms with van der Waals surface area (Å²) in [4.78, 5) is 31.4. The van der Waals surface area contributed by atoms with E-state index < -0.39 is 53.1 Å². The van der Waals surface area contributed by atoms with E-state index in [-0.39, 0.29) is 29.2 Å². The van der Waals surface area contributed by atoms with Crippen molar-refractivity contribution in [1.29, 1.82) is 5.26 Å². The zero-order chi connectivity index (χ0) is 27.6. The zero-order valence-electron chi connectivity index (χ0n) is 19.4. The molecule has 38 heavy (non-hydrogen) atoms. The first-order valence-electron chi connectivity index (χ1n) is 10.9. The molecule has 8 nitrogen and oxygen atoms in total. The topological polar surface area (TPSA) is 105 Å². The van der Waals surface area contributed by atoms with Crippen molar-refractivity contribution in [3.63, 3.8) is 0 Å². The highest BCUT2D eigenvalue weighted by atomic mass is 19.4. The van der Waals surface area contributed by atoms with Gasteiger partial charge in [-0.15, -0.1) is 13.2 Å². The molecule has 0 radical (unpaired) electrons. The molecule has 1 N–H and O–H groups in total. The predicted octanol–water partition coefficient (Wildman–Crippen LogP) is 4.07. The summed E-state index contributed by atoms with van der Waals surface area (Å²) in [5, 5.41) is 11.8. The Balaban J connectivity index is 1.70. The number of nitrogens with one attached hydrogen (secondary N) is 1. The summed E-state index contributed by atoms with van der Waals surface area (Å²) in [5.41, 5.74) is -0.685. The summed E-state index contributed by atoms with van der Waals surface area (Å²) in [5.74, 6) is -5.66. The molecule has 0 aliphatic carbocycles. The number of amides is 2. The third-order valence-electron chi connectivity index (χ3n) is 5.79. The van der Waals surface area contributed by atoms with E-state index >= 15 is 8.78 Å². The van der Waals surface area contributed by atoms with E-state index in [9.17, 15) is 28.0 Å². The van der Waals surface area contributed by atoms with Gasteiger partial charge in [0.05, 0.1) is 12.8 Å².